The Morgan fingerprint density at radius 2 is 1.64 bits per heavy atom. The lowest BCUT2D eigenvalue weighted by molar-refractivity contribution is 0.103. The van der Waals surface area contributed by atoms with Gasteiger partial charge < -0.3 is 5.32 Å². The molecule has 1 heterocycles. The van der Waals surface area contributed by atoms with Crippen molar-refractivity contribution >= 4 is 34.5 Å². The van der Waals surface area contributed by atoms with Crippen LogP contribution < -0.4 is 10.2 Å². The van der Waals surface area contributed by atoms with Crippen molar-refractivity contribution in [1.82, 2.24) is 5.32 Å². The second-order valence-corrected chi connectivity index (χ2v) is 7.08. The first-order valence-corrected chi connectivity index (χ1v) is 9.60. The smallest absolute Gasteiger partial charge is 0.195 e. The molecule has 3 aromatic rings. The van der Waals surface area contributed by atoms with Crippen LogP contribution in [-0.2, 0) is 0 Å². The Hall–Kier alpha value is -3.24. The summed E-state index contributed by atoms with van der Waals surface area (Å²) in [5.74, 6) is -0.0138. The number of ketones is 1. The first kappa shape index (κ1) is 18.1. The van der Waals surface area contributed by atoms with E-state index in [0.29, 0.717) is 22.8 Å². The van der Waals surface area contributed by atoms with Crippen LogP contribution in [0.3, 0.4) is 0 Å². The number of aryl methyl sites for hydroxylation is 1. The Kier molecular flexibility index (Phi) is 5.04. The van der Waals surface area contributed by atoms with E-state index < -0.39 is 0 Å². The molecule has 0 aliphatic carbocycles. The number of thiocarbonyl (C=S) groups is 1. The summed E-state index contributed by atoms with van der Waals surface area (Å²) in [5.41, 5.74) is 5.16. The van der Waals surface area contributed by atoms with E-state index in [1.54, 1.807) is 0 Å². The van der Waals surface area contributed by atoms with Crippen LogP contribution in [0.2, 0.25) is 0 Å². The zero-order chi connectivity index (χ0) is 19.5. The highest BCUT2D eigenvalue weighted by atomic mass is 32.1. The van der Waals surface area contributed by atoms with Gasteiger partial charge in [-0.1, -0.05) is 72.3 Å². The maximum absolute atomic E-state index is 13.3. The zero-order valence-electron chi connectivity index (χ0n) is 15.6. The third-order valence-electron chi connectivity index (χ3n) is 4.74. The van der Waals surface area contributed by atoms with Crippen LogP contribution in [0.15, 0.2) is 84.9 Å². The Bertz CT molecular complexity index is 1060. The molecule has 138 valence electrons. The quantitative estimate of drug-likeness (QED) is 0.509. The van der Waals surface area contributed by atoms with Crippen molar-refractivity contribution in [3.8, 4) is 0 Å². The molecule has 0 atom stereocenters. The van der Waals surface area contributed by atoms with Crippen molar-refractivity contribution in [2.75, 3.05) is 11.4 Å². The number of nitrogens with zero attached hydrogens (tertiary/aromatic N) is 1. The molecular weight excluding hydrogens is 364 g/mol. The second kappa shape index (κ2) is 7.79. The van der Waals surface area contributed by atoms with Crippen LogP contribution in [0, 0.1) is 6.92 Å². The third kappa shape index (κ3) is 3.47. The minimum Gasteiger partial charge on any atom is -0.358 e. The van der Waals surface area contributed by atoms with Gasteiger partial charge in [0.15, 0.2) is 10.9 Å². The van der Waals surface area contributed by atoms with Crippen LogP contribution in [0.4, 0.5) is 5.69 Å². The van der Waals surface area contributed by atoms with Crippen LogP contribution in [-0.4, -0.2) is 17.4 Å². The molecular formula is C24H20N2OS. The summed E-state index contributed by atoms with van der Waals surface area (Å²) < 4.78 is 0. The van der Waals surface area contributed by atoms with Crippen molar-refractivity contribution in [1.29, 1.82) is 0 Å². The molecule has 0 saturated heterocycles. The number of rotatable bonds is 4. The summed E-state index contributed by atoms with van der Waals surface area (Å²) in [7, 11) is 0. The number of hydrogen-bond acceptors (Lipinski definition) is 2. The predicted molar refractivity (Wildman–Crippen MR) is 119 cm³/mol. The average molecular weight is 385 g/mol. The number of nitrogens with one attached hydrogen (secondary N) is 1. The average Bonchev–Trinajstić information content (AvgIpc) is 2.74. The third-order valence-corrected chi connectivity index (χ3v) is 5.06. The standard InChI is InChI=1S/C24H20N2OS/c1-17-12-13-22(20(16-17)23(27)19-10-6-3-7-11-19)26-21(14-15-25-24(26)28)18-8-4-2-5-9-18/h2-14,16H,15H2,1H3,(H,25,28). The van der Waals surface area contributed by atoms with Gasteiger partial charge in [-0.3, -0.25) is 9.69 Å². The Morgan fingerprint density at radius 1 is 0.964 bits per heavy atom. The molecule has 0 aromatic heterocycles. The lowest BCUT2D eigenvalue weighted by Crippen LogP contribution is -2.43. The van der Waals surface area contributed by atoms with Crippen molar-refractivity contribution in [3.63, 3.8) is 0 Å². The number of benzene rings is 3. The van der Waals surface area contributed by atoms with Gasteiger partial charge in [0.2, 0.25) is 0 Å². The van der Waals surface area contributed by atoms with Gasteiger partial charge in [0.1, 0.15) is 0 Å². The fraction of sp³-hybridized carbons (Fsp3) is 0.0833. The van der Waals surface area contributed by atoms with Crippen molar-refractivity contribution in [3.05, 3.63) is 107 Å². The van der Waals surface area contributed by atoms with E-state index in [4.69, 9.17) is 12.2 Å². The molecule has 1 aliphatic rings. The Balaban J connectivity index is 1.86. The van der Waals surface area contributed by atoms with Gasteiger partial charge in [0.05, 0.1) is 11.4 Å². The number of anilines is 1. The maximum Gasteiger partial charge on any atom is 0.195 e. The molecule has 3 nitrogen and oxygen atoms in total. The minimum absolute atomic E-state index is 0.0138. The SMILES string of the molecule is Cc1ccc(N2C(=S)NCC=C2c2ccccc2)c(C(=O)c2ccccc2)c1. The van der Waals surface area contributed by atoms with Crippen LogP contribution in [0.5, 0.6) is 0 Å². The Labute approximate surface area is 170 Å². The van der Waals surface area contributed by atoms with E-state index in [-0.39, 0.29) is 5.78 Å². The summed E-state index contributed by atoms with van der Waals surface area (Å²) in [6.07, 6.45) is 2.10. The van der Waals surface area contributed by atoms with Crippen LogP contribution >= 0.6 is 12.2 Å². The van der Waals surface area contributed by atoms with Gasteiger partial charge in [-0.15, -0.1) is 0 Å². The lowest BCUT2D eigenvalue weighted by atomic mass is 9.98. The van der Waals surface area contributed by atoms with E-state index >= 15 is 0 Å². The Morgan fingerprint density at radius 3 is 2.36 bits per heavy atom. The second-order valence-electron chi connectivity index (χ2n) is 6.69. The molecule has 4 rings (SSSR count). The van der Waals surface area contributed by atoms with E-state index in [1.165, 1.54) is 0 Å². The highest BCUT2D eigenvalue weighted by Crippen LogP contribution is 2.33. The topological polar surface area (TPSA) is 32.3 Å². The van der Waals surface area contributed by atoms with Crippen molar-refractivity contribution in [2.24, 2.45) is 0 Å². The normalized spacial score (nSPS) is 13.7. The molecule has 0 radical (unpaired) electrons. The number of carbonyl (C=O) groups excluding carboxylic acids is 1. The first-order valence-electron chi connectivity index (χ1n) is 9.19. The maximum atomic E-state index is 13.3. The van der Waals surface area contributed by atoms with E-state index in [2.05, 4.69) is 23.5 Å². The first-order chi connectivity index (χ1) is 13.6. The minimum atomic E-state index is -0.0138. The van der Waals surface area contributed by atoms with E-state index in [9.17, 15) is 4.79 Å². The molecule has 3 aromatic carbocycles. The largest absolute Gasteiger partial charge is 0.358 e. The molecule has 0 unspecified atom stereocenters. The van der Waals surface area contributed by atoms with Gasteiger partial charge in [-0.25, -0.2) is 0 Å². The van der Waals surface area contributed by atoms with Gasteiger partial charge in [-0.05, 0) is 42.9 Å². The molecule has 0 spiro atoms. The monoisotopic (exact) mass is 384 g/mol. The molecule has 0 fully saturated rings. The summed E-state index contributed by atoms with van der Waals surface area (Å²) in [6.45, 7) is 2.65. The number of carbonyl (C=O) groups is 1. The molecule has 0 saturated carbocycles. The highest BCUT2D eigenvalue weighted by Gasteiger charge is 2.26. The molecule has 0 bridgehead atoms. The highest BCUT2D eigenvalue weighted by molar-refractivity contribution is 7.80. The van der Waals surface area contributed by atoms with Crippen molar-refractivity contribution < 1.29 is 4.79 Å². The van der Waals surface area contributed by atoms with E-state index in [1.807, 2.05) is 78.6 Å². The fourth-order valence-corrected chi connectivity index (χ4v) is 3.66. The van der Waals surface area contributed by atoms with E-state index in [0.717, 1.165) is 22.5 Å². The summed E-state index contributed by atoms with van der Waals surface area (Å²) >= 11 is 5.64. The van der Waals surface area contributed by atoms with Gasteiger partial charge in [0, 0.05) is 17.7 Å². The predicted octanol–water partition coefficient (Wildman–Crippen LogP) is 4.96. The van der Waals surface area contributed by atoms with Crippen molar-refractivity contribution in [2.45, 2.75) is 6.92 Å². The van der Waals surface area contributed by atoms with Gasteiger partial charge in [-0.2, -0.15) is 0 Å². The molecule has 4 heteroatoms. The zero-order valence-corrected chi connectivity index (χ0v) is 16.4. The van der Waals surface area contributed by atoms with Gasteiger partial charge in [0.25, 0.3) is 0 Å². The number of hydrogen-bond donors (Lipinski definition) is 1. The van der Waals surface area contributed by atoms with Crippen LogP contribution in [0.25, 0.3) is 5.70 Å². The fourth-order valence-electron chi connectivity index (χ4n) is 3.38. The molecule has 1 N–H and O–H groups in total. The summed E-state index contributed by atoms with van der Waals surface area (Å²) in [6, 6.07) is 25.4. The molecule has 0 amide bonds. The van der Waals surface area contributed by atoms with Crippen LogP contribution in [0.1, 0.15) is 27.0 Å². The molecule has 1 aliphatic heterocycles. The summed E-state index contributed by atoms with van der Waals surface area (Å²) in [4.78, 5) is 15.3. The molecule has 28 heavy (non-hydrogen) atoms. The van der Waals surface area contributed by atoms with Gasteiger partial charge >= 0.3 is 0 Å². The lowest BCUT2D eigenvalue weighted by Gasteiger charge is -2.33. The summed E-state index contributed by atoms with van der Waals surface area (Å²) in [5, 5.41) is 3.81.